The van der Waals surface area contributed by atoms with E-state index in [0.717, 1.165) is 0 Å². The van der Waals surface area contributed by atoms with Crippen LogP contribution in [-0.4, -0.2) is 19.0 Å². The second kappa shape index (κ2) is 2.58. The van der Waals surface area contributed by atoms with E-state index >= 15 is 0 Å². The Bertz CT molecular complexity index is 72.1. The number of nitrogens with one attached hydrogen (secondary N) is 1. The van der Waals surface area contributed by atoms with Crippen molar-refractivity contribution < 1.29 is 4.74 Å². The molecule has 0 rings (SSSR count). The summed E-state index contributed by atoms with van der Waals surface area (Å²) in [5, 5.41) is 6.75. The fourth-order valence-corrected chi connectivity index (χ4v) is 0.127. The van der Waals surface area contributed by atoms with Gasteiger partial charge in [0.05, 0.1) is 0 Å². The zero-order chi connectivity index (χ0) is 5.86. The van der Waals surface area contributed by atoms with Gasteiger partial charge in [0.15, 0.2) is 0 Å². The third-order valence-corrected chi connectivity index (χ3v) is 0.792. The number of methoxy groups -OCH3 is 1. The first-order chi connectivity index (χ1) is 3.18. The van der Waals surface area contributed by atoms with Crippen molar-refractivity contribution in [3.8, 4) is 0 Å². The summed E-state index contributed by atoms with van der Waals surface area (Å²) in [5.41, 5.74) is 5.00. The zero-order valence-corrected chi connectivity index (χ0v) is 4.56. The number of ether oxygens (including phenoxy) is 1. The molecule has 0 saturated heterocycles. The van der Waals surface area contributed by atoms with Gasteiger partial charge in [-0.05, 0) is 6.92 Å². The molecular formula is C4H10N2O. The van der Waals surface area contributed by atoms with Crippen molar-refractivity contribution in [3.63, 3.8) is 0 Å². The van der Waals surface area contributed by atoms with E-state index in [1.54, 1.807) is 6.92 Å². The van der Waals surface area contributed by atoms with Crippen LogP contribution in [0.1, 0.15) is 6.92 Å². The van der Waals surface area contributed by atoms with E-state index in [0.29, 0.717) is 0 Å². The fourth-order valence-electron chi connectivity index (χ4n) is 0.127. The maximum atomic E-state index is 6.75. The van der Waals surface area contributed by atoms with Gasteiger partial charge in [-0.25, -0.2) is 0 Å². The van der Waals surface area contributed by atoms with Gasteiger partial charge in [0, 0.05) is 7.11 Å². The van der Waals surface area contributed by atoms with Crippen molar-refractivity contribution in [1.82, 2.24) is 0 Å². The Morgan fingerprint density at radius 3 is 2.29 bits per heavy atom. The van der Waals surface area contributed by atoms with E-state index in [1.807, 2.05) is 0 Å². The molecule has 0 bridgehead atoms. The van der Waals surface area contributed by atoms with Crippen LogP contribution in [0.5, 0.6) is 0 Å². The fraction of sp³-hybridized carbons (Fsp3) is 0.750. The SMILES string of the molecule is CO[C@H](C)C(=N)N. The van der Waals surface area contributed by atoms with Crippen LogP contribution in [0.3, 0.4) is 0 Å². The van der Waals surface area contributed by atoms with Gasteiger partial charge in [0.1, 0.15) is 11.9 Å². The molecule has 0 aliphatic carbocycles. The summed E-state index contributed by atoms with van der Waals surface area (Å²) < 4.78 is 4.66. The van der Waals surface area contributed by atoms with Crippen LogP contribution in [0.2, 0.25) is 0 Å². The van der Waals surface area contributed by atoms with Gasteiger partial charge in [0.2, 0.25) is 0 Å². The Labute approximate surface area is 43.0 Å². The highest BCUT2D eigenvalue weighted by molar-refractivity contribution is 5.81. The van der Waals surface area contributed by atoms with Crippen molar-refractivity contribution in [2.24, 2.45) is 5.73 Å². The highest BCUT2D eigenvalue weighted by Crippen LogP contribution is 1.81. The Morgan fingerprint density at radius 1 is 1.86 bits per heavy atom. The van der Waals surface area contributed by atoms with Crippen LogP contribution in [0.15, 0.2) is 0 Å². The molecule has 0 saturated carbocycles. The number of nitrogens with two attached hydrogens (primary N) is 1. The molecule has 0 amide bonds. The molecule has 0 aromatic rings. The summed E-state index contributed by atoms with van der Waals surface area (Å²) in [7, 11) is 1.52. The minimum Gasteiger partial charge on any atom is -0.385 e. The molecule has 0 radical (unpaired) electrons. The molecule has 7 heavy (non-hydrogen) atoms. The van der Waals surface area contributed by atoms with Crippen molar-refractivity contribution in [2.75, 3.05) is 7.11 Å². The Balaban J connectivity index is 3.34. The molecule has 0 aliphatic rings. The molecule has 0 unspecified atom stereocenters. The van der Waals surface area contributed by atoms with Crippen LogP contribution >= 0.6 is 0 Å². The lowest BCUT2D eigenvalue weighted by atomic mass is 10.4. The summed E-state index contributed by atoms with van der Waals surface area (Å²) in [6.07, 6.45) is -0.236. The molecule has 0 aromatic heterocycles. The maximum Gasteiger partial charge on any atom is 0.120 e. The highest BCUT2D eigenvalue weighted by Gasteiger charge is 1.98. The molecule has 3 heteroatoms. The highest BCUT2D eigenvalue weighted by atomic mass is 16.5. The lowest BCUT2D eigenvalue weighted by molar-refractivity contribution is 0.169. The van der Waals surface area contributed by atoms with Gasteiger partial charge >= 0.3 is 0 Å². The minimum atomic E-state index is -0.236. The van der Waals surface area contributed by atoms with Crippen LogP contribution in [-0.2, 0) is 4.74 Å². The van der Waals surface area contributed by atoms with E-state index in [2.05, 4.69) is 4.74 Å². The van der Waals surface area contributed by atoms with Gasteiger partial charge in [-0.15, -0.1) is 0 Å². The largest absolute Gasteiger partial charge is 0.385 e. The quantitative estimate of drug-likeness (QED) is 0.379. The third kappa shape index (κ3) is 2.17. The van der Waals surface area contributed by atoms with Crippen LogP contribution in [0, 0.1) is 5.41 Å². The molecule has 0 fully saturated rings. The van der Waals surface area contributed by atoms with Crippen molar-refractivity contribution in [1.29, 1.82) is 5.41 Å². The summed E-state index contributed by atoms with van der Waals surface area (Å²) in [6.45, 7) is 1.72. The van der Waals surface area contributed by atoms with Crippen LogP contribution in [0.4, 0.5) is 0 Å². The van der Waals surface area contributed by atoms with E-state index in [9.17, 15) is 0 Å². The standard InChI is InChI=1S/C4H10N2O/c1-3(7-2)4(5)6/h3H,1-2H3,(H3,5,6)/t3-/m1/s1. The lowest BCUT2D eigenvalue weighted by Crippen LogP contribution is -2.26. The van der Waals surface area contributed by atoms with Crippen molar-refractivity contribution in [2.45, 2.75) is 13.0 Å². The molecule has 0 aromatic carbocycles. The monoisotopic (exact) mass is 102 g/mol. The normalized spacial score (nSPS) is 13.4. The minimum absolute atomic E-state index is 0.0718. The number of rotatable bonds is 2. The number of hydrogen-bond acceptors (Lipinski definition) is 2. The zero-order valence-electron chi connectivity index (χ0n) is 4.56. The average Bonchev–Trinajstić information content (AvgIpc) is 1.65. The van der Waals surface area contributed by atoms with E-state index in [4.69, 9.17) is 11.1 Å². The topological polar surface area (TPSA) is 59.1 Å². The maximum absolute atomic E-state index is 6.75. The molecule has 0 heterocycles. The molecule has 0 spiro atoms. The van der Waals surface area contributed by atoms with Gasteiger partial charge in [-0.1, -0.05) is 0 Å². The smallest absolute Gasteiger partial charge is 0.120 e. The molecule has 42 valence electrons. The molecule has 0 aliphatic heterocycles. The third-order valence-electron chi connectivity index (χ3n) is 0.792. The average molecular weight is 102 g/mol. The second-order valence-electron chi connectivity index (χ2n) is 1.33. The van der Waals surface area contributed by atoms with Crippen LogP contribution < -0.4 is 5.73 Å². The summed E-state index contributed by atoms with van der Waals surface area (Å²) in [4.78, 5) is 0. The summed E-state index contributed by atoms with van der Waals surface area (Å²) in [5.74, 6) is 0.0718. The first kappa shape index (κ1) is 6.43. The Kier molecular flexibility index (Phi) is 2.37. The lowest BCUT2D eigenvalue weighted by Gasteiger charge is -2.03. The van der Waals surface area contributed by atoms with Crippen LogP contribution in [0.25, 0.3) is 0 Å². The number of amidine groups is 1. The second-order valence-corrected chi connectivity index (χ2v) is 1.33. The van der Waals surface area contributed by atoms with E-state index < -0.39 is 0 Å². The molecule has 3 N–H and O–H groups in total. The predicted molar refractivity (Wildman–Crippen MR) is 28.4 cm³/mol. The predicted octanol–water partition coefficient (Wildman–Crippen LogP) is -0.0427. The summed E-state index contributed by atoms with van der Waals surface area (Å²) in [6, 6.07) is 0. The van der Waals surface area contributed by atoms with Crippen molar-refractivity contribution >= 4 is 5.84 Å². The van der Waals surface area contributed by atoms with Gasteiger partial charge < -0.3 is 10.5 Å². The van der Waals surface area contributed by atoms with Gasteiger partial charge in [-0.3, -0.25) is 5.41 Å². The van der Waals surface area contributed by atoms with Crippen molar-refractivity contribution in [3.05, 3.63) is 0 Å². The summed E-state index contributed by atoms with van der Waals surface area (Å²) >= 11 is 0. The van der Waals surface area contributed by atoms with E-state index in [-0.39, 0.29) is 11.9 Å². The van der Waals surface area contributed by atoms with Gasteiger partial charge in [-0.2, -0.15) is 0 Å². The Morgan fingerprint density at radius 2 is 2.29 bits per heavy atom. The molecule has 1 atom stereocenters. The number of hydrogen-bond donors (Lipinski definition) is 2. The molecular weight excluding hydrogens is 92.1 g/mol. The van der Waals surface area contributed by atoms with Gasteiger partial charge in [0.25, 0.3) is 0 Å². The molecule has 3 nitrogen and oxygen atoms in total. The first-order valence-corrected chi connectivity index (χ1v) is 2.05. The van der Waals surface area contributed by atoms with E-state index in [1.165, 1.54) is 7.11 Å². The first-order valence-electron chi connectivity index (χ1n) is 2.05. The Hall–Kier alpha value is -0.570.